The first-order valence-corrected chi connectivity index (χ1v) is 22.1. The highest BCUT2D eigenvalue weighted by Gasteiger charge is 2.35. The van der Waals surface area contributed by atoms with Crippen LogP contribution >= 0.6 is 0 Å². The van der Waals surface area contributed by atoms with Gasteiger partial charge in [0.15, 0.2) is 0 Å². The first-order valence-electron chi connectivity index (χ1n) is 22.1. The molecule has 2 saturated heterocycles. The van der Waals surface area contributed by atoms with Crippen molar-refractivity contribution < 1.29 is 14.3 Å². The van der Waals surface area contributed by atoms with Crippen molar-refractivity contribution in [1.29, 1.82) is 0 Å². The molecule has 2 fully saturated rings. The second-order valence-corrected chi connectivity index (χ2v) is 15.9. The molecule has 0 atom stereocenters. The summed E-state index contributed by atoms with van der Waals surface area (Å²) < 4.78 is 5.82. The molecule has 0 aromatic heterocycles. The Morgan fingerprint density at radius 3 is 1.65 bits per heavy atom. The molecule has 0 spiro atoms. The molecule has 0 amide bonds. The molecule has 324 valence electrons. The number of nitrogens with one attached hydrogen (secondary N) is 4. The first kappa shape index (κ1) is 42.7. The highest BCUT2D eigenvalue weighted by atomic mass is 16.5. The van der Waals surface area contributed by atoms with Gasteiger partial charge < -0.3 is 45.6 Å². The highest BCUT2D eigenvalue weighted by Crippen LogP contribution is 2.51. The van der Waals surface area contributed by atoms with E-state index in [9.17, 15) is 0 Å². The molecule has 6 aromatic rings. The topological polar surface area (TPSA) is 104 Å². The van der Waals surface area contributed by atoms with Gasteiger partial charge in [0.1, 0.15) is 0 Å². The molecule has 6 aromatic carbocycles. The van der Waals surface area contributed by atoms with Crippen molar-refractivity contribution in [3.05, 3.63) is 145 Å². The first-order chi connectivity index (χ1) is 30.9. The third kappa shape index (κ3) is 9.15. The summed E-state index contributed by atoms with van der Waals surface area (Å²) in [6.07, 6.45) is 3.28. The quantitative estimate of drug-likeness (QED) is 0.0553. The summed E-state index contributed by atoms with van der Waals surface area (Å²) >= 11 is 0. The molecule has 2 aliphatic heterocycles. The lowest BCUT2D eigenvalue weighted by molar-refractivity contribution is 0.0818. The van der Waals surface area contributed by atoms with Gasteiger partial charge in [0.25, 0.3) is 0 Å². The van der Waals surface area contributed by atoms with Crippen LogP contribution in [-0.4, -0.2) is 78.6 Å². The van der Waals surface area contributed by atoms with Crippen molar-refractivity contribution in [3.63, 3.8) is 0 Å². The normalized spacial score (nSPS) is 13.8. The fourth-order valence-corrected chi connectivity index (χ4v) is 8.79. The second kappa shape index (κ2) is 19.8. The molecule has 0 unspecified atom stereocenters. The number of morpholine rings is 1. The second-order valence-electron chi connectivity index (χ2n) is 15.9. The van der Waals surface area contributed by atoms with Crippen LogP contribution in [0.1, 0.15) is 46.9 Å². The Balaban J connectivity index is 1.37. The van der Waals surface area contributed by atoms with Crippen LogP contribution in [0.5, 0.6) is 0 Å². The van der Waals surface area contributed by atoms with Gasteiger partial charge in [0.05, 0.1) is 69.8 Å². The van der Waals surface area contributed by atoms with E-state index in [0.29, 0.717) is 55.6 Å². The minimum atomic E-state index is -0.629. The number of ketones is 2. The van der Waals surface area contributed by atoms with E-state index in [0.717, 1.165) is 77.9 Å². The van der Waals surface area contributed by atoms with Gasteiger partial charge in [0.2, 0.25) is 11.6 Å². The van der Waals surface area contributed by atoms with E-state index < -0.39 is 11.6 Å². The molecular formula is C52H58N8O3. The number of para-hydroxylation sites is 4. The van der Waals surface area contributed by atoms with Crippen LogP contribution in [0.25, 0.3) is 0 Å². The Labute approximate surface area is 371 Å². The van der Waals surface area contributed by atoms with Crippen LogP contribution in [0.4, 0.5) is 68.2 Å². The maximum atomic E-state index is 15.6. The molecule has 0 saturated carbocycles. The summed E-state index contributed by atoms with van der Waals surface area (Å²) in [5, 5.41) is 14.3. The smallest absolute Gasteiger partial charge is 0.235 e. The summed E-state index contributed by atoms with van der Waals surface area (Å²) in [6.45, 7) is 6.67. The number of hydrogen-bond donors (Lipinski definition) is 4. The number of carbonyl (C=O) groups is 2. The fraction of sp³-hybridized carbons (Fsp3) is 0.269. The summed E-state index contributed by atoms with van der Waals surface area (Å²) in [6, 6.07) is 44.0. The summed E-state index contributed by atoms with van der Waals surface area (Å²) in [5.74, 6) is -1.25. The van der Waals surface area contributed by atoms with Crippen molar-refractivity contribution in [2.75, 3.05) is 108 Å². The number of rotatable bonds is 16. The van der Waals surface area contributed by atoms with Crippen molar-refractivity contribution in [2.45, 2.75) is 26.2 Å². The zero-order chi connectivity index (χ0) is 43.7. The van der Waals surface area contributed by atoms with Gasteiger partial charge in [0, 0.05) is 76.6 Å². The predicted octanol–water partition coefficient (Wildman–Crippen LogP) is 11.1. The monoisotopic (exact) mass is 842 g/mol. The van der Waals surface area contributed by atoms with Crippen LogP contribution in [0.3, 0.4) is 0 Å². The maximum Gasteiger partial charge on any atom is 0.235 e. The lowest BCUT2D eigenvalue weighted by Gasteiger charge is -2.38. The summed E-state index contributed by atoms with van der Waals surface area (Å²) in [4.78, 5) is 40.1. The minimum Gasteiger partial charge on any atom is -0.386 e. The van der Waals surface area contributed by atoms with Gasteiger partial charge in [-0.15, -0.1) is 0 Å². The molecular weight excluding hydrogens is 785 g/mol. The predicted molar refractivity (Wildman–Crippen MR) is 263 cm³/mol. The lowest BCUT2D eigenvalue weighted by Crippen LogP contribution is -2.37. The average Bonchev–Trinajstić information content (AvgIpc) is 3.34. The Morgan fingerprint density at radius 2 is 1.10 bits per heavy atom. The van der Waals surface area contributed by atoms with Gasteiger partial charge >= 0.3 is 0 Å². The number of ether oxygens (including phenoxy) is 1. The lowest BCUT2D eigenvalue weighted by atomic mass is 9.93. The van der Waals surface area contributed by atoms with E-state index in [1.807, 2.05) is 137 Å². The van der Waals surface area contributed by atoms with Gasteiger partial charge in [-0.1, -0.05) is 72.8 Å². The molecule has 4 N–H and O–H groups in total. The molecule has 0 radical (unpaired) electrons. The molecule has 63 heavy (non-hydrogen) atoms. The number of carbonyl (C=O) groups excluding carboxylic acids is 2. The van der Waals surface area contributed by atoms with E-state index in [-0.39, 0.29) is 11.1 Å². The van der Waals surface area contributed by atoms with Gasteiger partial charge in [-0.2, -0.15) is 0 Å². The zero-order valence-corrected chi connectivity index (χ0v) is 36.8. The minimum absolute atomic E-state index is 0.258. The average molecular weight is 843 g/mol. The van der Waals surface area contributed by atoms with Crippen LogP contribution in [-0.2, 0) is 4.74 Å². The van der Waals surface area contributed by atoms with E-state index in [4.69, 9.17) is 4.74 Å². The number of anilines is 12. The van der Waals surface area contributed by atoms with Gasteiger partial charge in [-0.25, -0.2) is 0 Å². The Bertz CT molecular complexity index is 2490. The number of piperidine rings is 1. The zero-order valence-electron chi connectivity index (χ0n) is 36.8. The Morgan fingerprint density at radius 1 is 0.587 bits per heavy atom. The third-order valence-corrected chi connectivity index (χ3v) is 11.9. The molecule has 0 aliphatic carbocycles. The number of hydrogen-bond acceptors (Lipinski definition) is 11. The molecule has 2 aliphatic rings. The van der Waals surface area contributed by atoms with Gasteiger partial charge in [-0.3, -0.25) is 9.59 Å². The molecule has 0 bridgehead atoms. The molecule has 11 nitrogen and oxygen atoms in total. The molecule has 11 heteroatoms. The van der Waals surface area contributed by atoms with Crippen LogP contribution in [0.15, 0.2) is 133 Å². The van der Waals surface area contributed by atoms with E-state index in [1.54, 1.807) is 0 Å². The van der Waals surface area contributed by atoms with Crippen molar-refractivity contribution in [2.24, 2.45) is 0 Å². The van der Waals surface area contributed by atoms with E-state index >= 15 is 9.59 Å². The van der Waals surface area contributed by atoms with Crippen molar-refractivity contribution in [1.82, 2.24) is 0 Å². The Hall–Kier alpha value is -6.98. The van der Waals surface area contributed by atoms with Crippen molar-refractivity contribution >= 4 is 79.8 Å². The SMILES string of the molecule is CCNc1c(C(=O)C(=O)c2cc(N(C)c3ccccc3)c(N3CCCCC3)c(N(C)c3ccccc3)c2NC)cc(Nc2ccccc2)c(N2CCOCC2)c1Nc1ccccc1. The molecule has 8 rings (SSSR count). The highest BCUT2D eigenvalue weighted by molar-refractivity contribution is 6.52. The fourth-order valence-electron chi connectivity index (χ4n) is 8.79. The number of nitrogens with zero attached hydrogens (tertiary/aromatic N) is 4. The summed E-state index contributed by atoms with van der Waals surface area (Å²) in [5.41, 5.74) is 10.3. The van der Waals surface area contributed by atoms with Crippen LogP contribution < -0.4 is 40.9 Å². The standard InChI is InChI=1S/C52H58N8O3/c1-5-54-45-41(35-43(55-37-21-11-6-12-22-37)48(60-31-33-63-34-32-60)47(45)56-38-23-13-7-14-24-38)51(61)52(62)42-36-44(57(3)39-25-15-8-16-26-39)49(59-29-19-10-20-30-59)50(46(42)53-2)58(4)40-27-17-9-18-28-40/h6-9,11-18,21-28,35-36,53-56H,5,10,19-20,29-34H2,1-4H3. The Kier molecular flexibility index (Phi) is 13.4. The largest absolute Gasteiger partial charge is 0.386 e. The molecule has 2 heterocycles. The number of Topliss-reactive ketones (excluding diaryl/α,β-unsaturated/α-hetero) is 2. The maximum absolute atomic E-state index is 15.6. The van der Waals surface area contributed by atoms with E-state index in [1.165, 1.54) is 0 Å². The van der Waals surface area contributed by atoms with E-state index in [2.05, 4.69) is 65.1 Å². The van der Waals surface area contributed by atoms with Gasteiger partial charge in [-0.05, 0) is 86.8 Å². The van der Waals surface area contributed by atoms with Crippen molar-refractivity contribution in [3.8, 4) is 0 Å². The van der Waals surface area contributed by atoms with Crippen LogP contribution in [0, 0.1) is 0 Å². The summed E-state index contributed by atoms with van der Waals surface area (Å²) in [7, 11) is 5.92. The van der Waals surface area contributed by atoms with Crippen LogP contribution in [0.2, 0.25) is 0 Å². The number of benzene rings is 6. The third-order valence-electron chi connectivity index (χ3n) is 11.9.